The molecule has 1 saturated heterocycles. The number of para-hydroxylation sites is 1. The second kappa shape index (κ2) is 7.27. The number of amides is 1. The molecule has 1 aromatic carbocycles. The van der Waals surface area contributed by atoms with E-state index in [0.29, 0.717) is 23.8 Å². The van der Waals surface area contributed by atoms with Crippen molar-refractivity contribution in [2.24, 2.45) is 11.7 Å². The number of piperidine rings is 1. The topological polar surface area (TPSA) is 55.6 Å². The first-order chi connectivity index (χ1) is 10.1. The van der Waals surface area contributed by atoms with Crippen molar-refractivity contribution in [2.45, 2.75) is 25.8 Å². The number of nitrogens with two attached hydrogens (primary N) is 1. The molecule has 2 unspecified atom stereocenters. The first kappa shape index (κ1) is 15.6. The fraction of sp³-hybridized carbons (Fsp3) is 0.471. The number of hydrogen-bond donors (Lipinski definition) is 1. The van der Waals surface area contributed by atoms with E-state index in [1.807, 2.05) is 36.1 Å². The van der Waals surface area contributed by atoms with E-state index in [0.717, 1.165) is 25.9 Å². The molecular formula is C17H24N2O2. The smallest absolute Gasteiger partial charge is 0.257 e. The first-order valence-electron chi connectivity index (χ1n) is 7.51. The number of benzene rings is 1. The molecule has 1 aliphatic heterocycles. The molecule has 0 spiro atoms. The van der Waals surface area contributed by atoms with Crippen LogP contribution in [0.5, 0.6) is 5.75 Å². The average molecular weight is 288 g/mol. The summed E-state index contributed by atoms with van der Waals surface area (Å²) in [5.74, 6) is 1.02. The van der Waals surface area contributed by atoms with Gasteiger partial charge < -0.3 is 15.4 Å². The number of hydrogen-bond acceptors (Lipinski definition) is 3. The van der Waals surface area contributed by atoms with E-state index in [4.69, 9.17) is 10.5 Å². The van der Waals surface area contributed by atoms with Gasteiger partial charge in [-0.05, 0) is 37.8 Å². The lowest BCUT2D eigenvalue weighted by atomic mass is 9.92. The molecule has 1 amide bonds. The largest absolute Gasteiger partial charge is 0.489 e. The van der Waals surface area contributed by atoms with Crippen LogP contribution in [0, 0.1) is 5.92 Å². The van der Waals surface area contributed by atoms with Crippen molar-refractivity contribution >= 4 is 5.91 Å². The Morgan fingerprint density at radius 3 is 3.05 bits per heavy atom. The van der Waals surface area contributed by atoms with Gasteiger partial charge >= 0.3 is 0 Å². The Bertz CT molecular complexity index is 499. The molecule has 1 aliphatic rings. The van der Waals surface area contributed by atoms with Crippen LogP contribution in [0.1, 0.15) is 30.1 Å². The Hall–Kier alpha value is -1.81. The molecule has 4 nitrogen and oxygen atoms in total. The predicted molar refractivity (Wildman–Crippen MR) is 84.4 cm³/mol. The van der Waals surface area contributed by atoms with E-state index >= 15 is 0 Å². The summed E-state index contributed by atoms with van der Waals surface area (Å²) in [4.78, 5) is 14.6. The minimum atomic E-state index is 0.0278. The lowest BCUT2D eigenvalue weighted by molar-refractivity contribution is 0.0657. The quantitative estimate of drug-likeness (QED) is 0.847. The third-order valence-electron chi connectivity index (χ3n) is 3.96. The van der Waals surface area contributed by atoms with E-state index in [1.54, 1.807) is 6.08 Å². The van der Waals surface area contributed by atoms with Crippen LogP contribution in [0.15, 0.2) is 36.9 Å². The zero-order chi connectivity index (χ0) is 15.2. The molecule has 0 bridgehead atoms. The number of ether oxygens (including phenoxy) is 1. The number of carbonyl (C=O) groups excluding carboxylic acids is 1. The number of rotatable bonds is 5. The third kappa shape index (κ3) is 3.85. The van der Waals surface area contributed by atoms with E-state index < -0.39 is 0 Å². The van der Waals surface area contributed by atoms with Gasteiger partial charge in [-0.15, -0.1) is 0 Å². The second-order valence-corrected chi connectivity index (χ2v) is 5.61. The van der Waals surface area contributed by atoms with E-state index in [-0.39, 0.29) is 11.9 Å². The summed E-state index contributed by atoms with van der Waals surface area (Å²) in [7, 11) is 0. The standard InChI is InChI=1S/C17H24N2O2/c1-3-11-21-16-9-5-4-8-15(16)17(20)19-10-6-7-14(12-19)13(2)18/h3-5,8-9,13-14H,1,6-7,10-12,18H2,2H3. The summed E-state index contributed by atoms with van der Waals surface area (Å²) >= 11 is 0. The molecule has 21 heavy (non-hydrogen) atoms. The highest BCUT2D eigenvalue weighted by atomic mass is 16.5. The van der Waals surface area contributed by atoms with Crippen LogP contribution >= 0.6 is 0 Å². The average Bonchev–Trinajstić information content (AvgIpc) is 2.52. The van der Waals surface area contributed by atoms with Crippen molar-refractivity contribution in [3.05, 3.63) is 42.5 Å². The van der Waals surface area contributed by atoms with E-state index in [9.17, 15) is 4.79 Å². The highest BCUT2D eigenvalue weighted by Crippen LogP contribution is 2.24. The van der Waals surface area contributed by atoms with Crippen LogP contribution < -0.4 is 10.5 Å². The lowest BCUT2D eigenvalue weighted by Crippen LogP contribution is -2.45. The summed E-state index contributed by atoms with van der Waals surface area (Å²) in [5, 5.41) is 0. The van der Waals surface area contributed by atoms with Crippen molar-refractivity contribution < 1.29 is 9.53 Å². The van der Waals surface area contributed by atoms with Gasteiger partial charge in [0, 0.05) is 19.1 Å². The van der Waals surface area contributed by atoms with Crippen molar-refractivity contribution in [2.75, 3.05) is 19.7 Å². The Kier molecular flexibility index (Phi) is 5.39. The van der Waals surface area contributed by atoms with Crippen LogP contribution in [0.2, 0.25) is 0 Å². The zero-order valence-corrected chi connectivity index (χ0v) is 12.6. The molecule has 0 aliphatic carbocycles. The molecule has 1 heterocycles. The van der Waals surface area contributed by atoms with Crippen molar-refractivity contribution in [1.29, 1.82) is 0 Å². The number of nitrogens with zero attached hydrogens (tertiary/aromatic N) is 1. The second-order valence-electron chi connectivity index (χ2n) is 5.61. The van der Waals surface area contributed by atoms with Gasteiger partial charge in [-0.2, -0.15) is 0 Å². The van der Waals surface area contributed by atoms with E-state index in [2.05, 4.69) is 6.58 Å². The summed E-state index contributed by atoms with van der Waals surface area (Å²) in [6, 6.07) is 7.49. The zero-order valence-electron chi connectivity index (χ0n) is 12.6. The Morgan fingerprint density at radius 1 is 1.57 bits per heavy atom. The SMILES string of the molecule is C=CCOc1ccccc1C(=O)N1CCCC(C(C)N)C1. The fourth-order valence-electron chi connectivity index (χ4n) is 2.71. The van der Waals surface area contributed by atoms with Crippen LogP contribution in [0.3, 0.4) is 0 Å². The molecule has 1 aromatic rings. The van der Waals surface area contributed by atoms with Gasteiger partial charge in [0.15, 0.2) is 0 Å². The number of likely N-dealkylation sites (tertiary alicyclic amines) is 1. The van der Waals surface area contributed by atoms with Crippen LogP contribution in [-0.2, 0) is 0 Å². The molecule has 2 N–H and O–H groups in total. The summed E-state index contributed by atoms with van der Waals surface area (Å²) in [5.41, 5.74) is 6.61. The van der Waals surface area contributed by atoms with E-state index in [1.165, 1.54) is 0 Å². The lowest BCUT2D eigenvalue weighted by Gasteiger charge is -2.34. The van der Waals surface area contributed by atoms with Crippen LogP contribution in [0.25, 0.3) is 0 Å². The predicted octanol–water partition coefficient (Wildman–Crippen LogP) is 2.45. The molecule has 1 fully saturated rings. The van der Waals surface area contributed by atoms with Gasteiger partial charge in [0.1, 0.15) is 12.4 Å². The molecule has 2 atom stereocenters. The highest BCUT2D eigenvalue weighted by molar-refractivity contribution is 5.97. The first-order valence-corrected chi connectivity index (χ1v) is 7.51. The molecule has 2 rings (SSSR count). The summed E-state index contributed by atoms with van der Waals surface area (Å²) in [6.45, 7) is 7.56. The van der Waals surface area contributed by atoms with Gasteiger partial charge in [0.2, 0.25) is 0 Å². The molecule has 0 radical (unpaired) electrons. The van der Waals surface area contributed by atoms with Gasteiger partial charge in [-0.3, -0.25) is 4.79 Å². The Morgan fingerprint density at radius 2 is 2.33 bits per heavy atom. The molecular weight excluding hydrogens is 264 g/mol. The third-order valence-corrected chi connectivity index (χ3v) is 3.96. The molecule has 4 heteroatoms. The van der Waals surface area contributed by atoms with Gasteiger partial charge in [0.25, 0.3) is 5.91 Å². The van der Waals surface area contributed by atoms with Gasteiger partial charge in [-0.25, -0.2) is 0 Å². The minimum absolute atomic E-state index is 0.0278. The molecule has 0 aromatic heterocycles. The highest BCUT2D eigenvalue weighted by Gasteiger charge is 2.27. The summed E-state index contributed by atoms with van der Waals surface area (Å²) in [6.07, 6.45) is 3.78. The van der Waals surface area contributed by atoms with Crippen LogP contribution in [-0.4, -0.2) is 36.5 Å². The molecule has 114 valence electrons. The van der Waals surface area contributed by atoms with Crippen molar-refractivity contribution in [3.63, 3.8) is 0 Å². The normalized spacial score (nSPS) is 19.9. The Labute approximate surface area is 126 Å². The van der Waals surface area contributed by atoms with Crippen molar-refractivity contribution in [1.82, 2.24) is 4.90 Å². The maximum atomic E-state index is 12.7. The maximum absolute atomic E-state index is 12.7. The fourth-order valence-corrected chi connectivity index (χ4v) is 2.71. The summed E-state index contributed by atoms with van der Waals surface area (Å²) < 4.78 is 5.58. The minimum Gasteiger partial charge on any atom is -0.489 e. The van der Waals surface area contributed by atoms with Gasteiger partial charge in [-0.1, -0.05) is 24.8 Å². The number of carbonyl (C=O) groups is 1. The Balaban J connectivity index is 2.14. The maximum Gasteiger partial charge on any atom is 0.257 e. The van der Waals surface area contributed by atoms with Gasteiger partial charge in [0.05, 0.1) is 5.56 Å². The molecule has 0 saturated carbocycles. The van der Waals surface area contributed by atoms with Crippen molar-refractivity contribution in [3.8, 4) is 5.75 Å². The van der Waals surface area contributed by atoms with Crippen LogP contribution in [0.4, 0.5) is 0 Å². The monoisotopic (exact) mass is 288 g/mol.